The molecule has 0 fully saturated rings. The molecule has 0 spiro atoms. The first-order valence-electron chi connectivity index (χ1n) is 5.66. The second-order valence-electron chi connectivity index (χ2n) is 4.04. The topological polar surface area (TPSA) is 52.3 Å². The minimum atomic E-state index is -0.0623. The van der Waals surface area contributed by atoms with Crippen LogP contribution in [0.15, 0.2) is 18.2 Å². The number of methoxy groups -OCH3 is 1. The summed E-state index contributed by atoms with van der Waals surface area (Å²) in [6.45, 7) is 1.97. The Morgan fingerprint density at radius 2 is 2.24 bits per heavy atom. The van der Waals surface area contributed by atoms with Crippen LogP contribution in [0.25, 0.3) is 0 Å². The van der Waals surface area contributed by atoms with Gasteiger partial charge in [0.25, 0.3) is 0 Å². The first kappa shape index (κ1) is 14.0. The molecule has 1 aromatic rings. The summed E-state index contributed by atoms with van der Waals surface area (Å²) in [7, 11) is 1.58. The van der Waals surface area contributed by atoms with E-state index in [4.69, 9.17) is 22.1 Å². The van der Waals surface area contributed by atoms with Crippen LogP contribution in [0.3, 0.4) is 0 Å². The second-order valence-corrected chi connectivity index (χ2v) is 4.48. The zero-order valence-electron chi connectivity index (χ0n) is 10.2. The molecule has 1 unspecified atom stereocenters. The standard InChI is InChI=1S/C13H18ClNO2/c1-3-11(15)8-12(16)7-9-6-10(14)4-5-13(9)17-2/h4-6,11H,3,7-8,15H2,1-2H3. The van der Waals surface area contributed by atoms with Crippen molar-refractivity contribution in [1.29, 1.82) is 0 Å². The van der Waals surface area contributed by atoms with E-state index in [2.05, 4.69) is 0 Å². The van der Waals surface area contributed by atoms with Crippen LogP contribution in [0.1, 0.15) is 25.3 Å². The Labute approximate surface area is 107 Å². The lowest BCUT2D eigenvalue weighted by atomic mass is 10.0. The number of carbonyl (C=O) groups is 1. The molecule has 0 amide bonds. The van der Waals surface area contributed by atoms with Gasteiger partial charge in [-0.05, 0) is 24.6 Å². The molecule has 0 heterocycles. The highest BCUT2D eigenvalue weighted by molar-refractivity contribution is 6.30. The fourth-order valence-corrected chi connectivity index (χ4v) is 1.80. The van der Waals surface area contributed by atoms with Crippen LogP contribution in [0.5, 0.6) is 5.75 Å². The lowest BCUT2D eigenvalue weighted by molar-refractivity contribution is -0.118. The summed E-state index contributed by atoms with van der Waals surface area (Å²) in [6, 6.07) is 5.21. The number of carbonyl (C=O) groups excluding carboxylic acids is 1. The van der Waals surface area contributed by atoms with Crippen LogP contribution >= 0.6 is 11.6 Å². The molecule has 0 aliphatic carbocycles. The van der Waals surface area contributed by atoms with Crippen molar-refractivity contribution in [3.8, 4) is 5.75 Å². The van der Waals surface area contributed by atoms with Gasteiger partial charge in [-0.3, -0.25) is 4.79 Å². The molecule has 17 heavy (non-hydrogen) atoms. The molecular weight excluding hydrogens is 238 g/mol. The molecule has 3 nitrogen and oxygen atoms in total. The van der Waals surface area contributed by atoms with Crippen LogP contribution in [0, 0.1) is 0 Å². The molecule has 1 aromatic carbocycles. The summed E-state index contributed by atoms with van der Waals surface area (Å²) in [6.07, 6.45) is 1.52. The summed E-state index contributed by atoms with van der Waals surface area (Å²) >= 11 is 5.90. The van der Waals surface area contributed by atoms with Gasteiger partial charge in [0.2, 0.25) is 0 Å². The minimum absolute atomic E-state index is 0.0623. The highest BCUT2D eigenvalue weighted by atomic mass is 35.5. The molecule has 94 valence electrons. The zero-order chi connectivity index (χ0) is 12.8. The Bertz CT molecular complexity index is 393. The smallest absolute Gasteiger partial charge is 0.138 e. The quantitative estimate of drug-likeness (QED) is 0.850. The largest absolute Gasteiger partial charge is 0.496 e. The van der Waals surface area contributed by atoms with Gasteiger partial charge in [0, 0.05) is 29.5 Å². The van der Waals surface area contributed by atoms with Gasteiger partial charge in [-0.2, -0.15) is 0 Å². The van der Waals surface area contributed by atoms with E-state index in [0.717, 1.165) is 12.0 Å². The lowest BCUT2D eigenvalue weighted by Gasteiger charge is -2.10. The summed E-state index contributed by atoms with van der Waals surface area (Å²) in [5.41, 5.74) is 6.56. The van der Waals surface area contributed by atoms with Gasteiger partial charge in [0.05, 0.1) is 7.11 Å². The number of benzene rings is 1. The molecule has 0 bridgehead atoms. The van der Waals surface area contributed by atoms with E-state index in [1.54, 1.807) is 25.3 Å². The Kier molecular flexibility index (Phi) is 5.45. The predicted molar refractivity (Wildman–Crippen MR) is 69.6 cm³/mol. The number of ketones is 1. The molecule has 0 aliphatic heterocycles. The molecule has 0 aliphatic rings. The number of halogens is 1. The Morgan fingerprint density at radius 3 is 2.82 bits per heavy atom. The lowest BCUT2D eigenvalue weighted by Crippen LogP contribution is -2.23. The van der Waals surface area contributed by atoms with Gasteiger partial charge in [0.1, 0.15) is 11.5 Å². The molecule has 1 rings (SSSR count). The normalized spacial score (nSPS) is 12.2. The van der Waals surface area contributed by atoms with Crippen LogP contribution in [-0.2, 0) is 11.2 Å². The van der Waals surface area contributed by atoms with E-state index in [1.807, 2.05) is 6.92 Å². The predicted octanol–water partition coefficient (Wildman–Crippen LogP) is 2.59. The molecule has 0 saturated heterocycles. The van der Waals surface area contributed by atoms with Crippen LogP contribution in [0.4, 0.5) is 0 Å². The van der Waals surface area contributed by atoms with Crippen molar-refractivity contribution in [2.24, 2.45) is 5.73 Å². The Hall–Kier alpha value is -1.06. The van der Waals surface area contributed by atoms with Gasteiger partial charge < -0.3 is 10.5 Å². The molecule has 2 N–H and O–H groups in total. The molecule has 1 atom stereocenters. The number of nitrogens with two attached hydrogens (primary N) is 1. The highest BCUT2D eigenvalue weighted by Gasteiger charge is 2.12. The van der Waals surface area contributed by atoms with Gasteiger partial charge in [-0.25, -0.2) is 0 Å². The number of Topliss-reactive ketones (excluding diaryl/α,β-unsaturated/α-hetero) is 1. The third-order valence-electron chi connectivity index (χ3n) is 2.64. The van der Waals surface area contributed by atoms with Gasteiger partial charge in [-0.1, -0.05) is 18.5 Å². The second kappa shape index (κ2) is 6.62. The highest BCUT2D eigenvalue weighted by Crippen LogP contribution is 2.23. The van der Waals surface area contributed by atoms with Crippen molar-refractivity contribution in [3.05, 3.63) is 28.8 Å². The van der Waals surface area contributed by atoms with Crippen molar-refractivity contribution in [2.75, 3.05) is 7.11 Å². The maximum Gasteiger partial charge on any atom is 0.138 e. The van der Waals surface area contributed by atoms with Crippen molar-refractivity contribution in [2.45, 2.75) is 32.2 Å². The first-order valence-corrected chi connectivity index (χ1v) is 6.04. The third kappa shape index (κ3) is 4.36. The fourth-order valence-electron chi connectivity index (χ4n) is 1.61. The van der Waals surface area contributed by atoms with Crippen molar-refractivity contribution < 1.29 is 9.53 Å². The fraction of sp³-hybridized carbons (Fsp3) is 0.462. The maximum atomic E-state index is 11.8. The maximum absolute atomic E-state index is 11.8. The molecule has 0 aromatic heterocycles. The number of hydrogen-bond acceptors (Lipinski definition) is 3. The van der Waals surface area contributed by atoms with Gasteiger partial charge >= 0.3 is 0 Å². The molecule has 4 heteroatoms. The van der Waals surface area contributed by atoms with Crippen molar-refractivity contribution in [1.82, 2.24) is 0 Å². The van der Waals surface area contributed by atoms with Crippen LogP contribution in [-0.4, -0.2) is 18.9 Å². The van der Waals surface area contributed by atoms with Crippen molar-refractivity contribution in [3.63, 3.8) is 0 Å². The van der Waals surface area contributed by atoms with E-state index < -0.39 is 0 Å². The van der Waals surface area contributed by atoms with E-state index in [1.165, 1.54) is 0 Å². The van der Waals surface area contributed by atoms with Gasteiger partial charge in [0.15, 0.2) is 0 Å². The Balaban J connectivity index is 2.73. The monoisotopic (exact) mass is 255 g/mol. The zero-order valence-corrected chi connectivity index (χ0v) is 11.0. The summed E-state index contributed by atoms with van der Waals surface area (Å²) < 4.78 is 5.19. The number of ether oxygens (including phenoxy) is 1. The molecule has 0 saturated carbocycles. The average Bonchev–Trinajstić information content (AvgIpc) is 2.29. The SMILES string of the molecule is CCC(N)CC(=O)Cc1cc(Cl)ccc1OC. The number of rotatable bonds is 6. The first-order chi connectivity index (χ1) is 8.06. The summed E-state index contributed by atoms with van der Waals surface area (Å²) in [5.74, 6) is 0.799. The summed E-state index contributed by atoms with van der Waals surface area (Å²) in [4.78, 5) is 11.8. The minimum Gasteiger partial charge on any atom is -0.496 e. The Morgan fingerprint density at radius 1 is 1.53 bits per heavy atom. The van der Waals surface area contributed by atoms with Crippen LogP contribution in [0.2, 0.25) is 5.02 Å². The average molecular weight is 256 g/mol. The van der Waals surface area contributed by atoms with Crippen LogP contribution < -0.4 is 10.5 Å². The summed E-state index contributed by atoms with van der Waals surface area (Å²) in [5, 5.41) is 0.605. The van der Waals surface area contributed by atoms with E-state index in [-0.39, 0.29) is 11.8 Å². The third-order valence-corrected chi connectivity index (χ3v) is 2.88. The van der Waals surface area contributed by atoms with E-state index in [0.29, 0.717) is 23.6 Å². The molecular formula is C13H18ClNO2. The van der Waals surface area contributed by atoms with Crippen molar-refractivity contribution >= 4 is 17.4 Å². The molecule has 0 radical (unpaired) electrons. The van der Waals surface area contributed by atoms with E-state index >= 15 is 0 Å². The van der Waals surface area contributed by atoms with Gasteiger partial charge in [-0.15, -0.1) is 0 Å². The number of hydrogen-bond donors (Lipinski definition) is 1. The van der Waals surface area contributed by atoms with E-state index in [9.17, 15) is 4.79 Å².